The van der Waals surface area contributed by atoms with Crippen LogP contribution < -0.4 is 15.4 Å². The zero-order valence-corrected chi connectivity index (χ0v) is 18.5. The van der Waals surface area contributed by atoms with E-state index in [0.717, 1.165) is 42.9 Å². The average Bonchev–Trinajstić information content (AvgIpc) is 2.68. The largest absolute Gasteiger partial charge is 0.494 e. The summed E-state index contributed by atoms with van der Waals surface area (Å²) in [5.41, 5.74) is 2.95. The SMILES string of the molecule is CCCOc1cccc(CCNC(=NC)NCc2ccc(S(C)(=O)=O)c(C)c2)c1. The predicted octanol–water partition coefficient (Wildman–Crippen LogP) is 3.10. The van der Waals surface area contributed by atoms with Gasteiger partial charge in [0.25, 0.3) is 0 Å². The van der Waals surface area contributed by atoms with Crippen molar-refractivity contribution in [2.45, 2.75) is 38.1 Å². The van der Waals surface area contributed by atoms with Crippen molar-refractivity contribution >= 4 is 15.8 Å². The first kappa shape index (κ1) is 22.7. The highest BCUT2D eigenvalue weighted by Crippen LogP contribution is 2.16. The van der Waals surface area contributed by atoms with Gasteiger partial charge in [-0.2, -0.15) is 0 Å². The summed E-state index contributed by atoms with van der Waals surface area (Å²) >= 11 is 0. The number of hydrogen-bond acceptors (Lipinski definition) is 4. The Morgan fingerprint density at radius 3 is 2.55 bits per heavy atom. The van der Waals surface area contributed by atoms with Crippen LogP contribution in [0.25, 0.3) is 0 Å². The normalized spacial score (nSPS) is 11.9. The van der Waals surface area contributed by atoms with Crippen LogP contribution in [0.1, 0.15) is 30.0 Å². The first-order chi connectivity index (χ1) is 13.8. The van der Waals surface area contributed by atoms with Crippen LogP contribution >= 0.6 is 0 Å². The summed E-state index contributed by atoms with van der Waals surface area (Å²) < 4.78 is 29.1. The summed E-state index contributed by atoms with van der Waals surface area (Å²) in [6.45, 7) is 5.93. The Labute approximate surface area is 174 Å². The zero-order valence-electron chi connectivity index (χ0n) is 17.7. The number of aryl methyl sites for hydroxylation is 1. The number of sulfone groups is 1. The second-order valence-corrected chi connectivity index (χ2v) is 8.95. The van der Waals surface area contributed by atoms with Gasteiger partial charge < -0.3 is 15.4 Å². The Hall–Kier alpha value is -2.54. The number of guanidine groups is 1. The van der Waals surface area contributed by atoms with E-state index in [9.17, 15) is 8.42 Å². The lowest BCUT2D eigenvalue weighted by Crippen LogP contribution is -2.37. The highest BCUT2D eigenvalue weighted by atomic mass is 32.2. The van der Waals surface area contributed by atoms with E-state index in [2.05, 4.69) is 34.7 Å². The lowest BCUT2D eigenvalue weighted by Gasteiger charge is -2.13. The van der Waals surface area contributed by atoms with Crippen LogP contribution in [0, 0.1) is 6.92 Å². The number of aliphatic imine (C=N–C) groups is 1. The fourth-order valence-electron chi connectivity index (χ4n) is 2.98. The zero-order chi connectivity index (χ0) is 21.3. The van der Waals surface area contributed by atoms with E-state index in [-0.39, 0.29) is 0 Å². The quantitative estimate of drug-likeness (QED) is 0.484. The topological polar surface area (TPSA) is 79.8 Å². The molecule has 158 valence electrons. The van der Waals surface area contributed by atoms with Crippen molar-refractivity contribution in [2.24, 2.45) is 4.99 Å². The molecular formula is C22H31N3O3S. The molecule has 0 saturated heterocycles. The molecule has 0 radical (unpaired) electrons. The smallest absolute Gasteiger partial charge is 0.191 e. The van der Waals surface area contributed by atoms with E-state index in [1.807, 2.05) is 31.2 Å². The molecule has 29 heavy (non-hydrogen) atoms. The molecule has 7 heteroatoms. The van der Waals surface area contributed by atoms with Gasteiger partial charge in [0.2, 0.25) is 0 Å². The summed E-state index contributed by atoms with van der Waals surface area (Å²) in [6, 6.07) is 13.5. The molecule has 0 aliphatic rings. The maximum atomic E-state index is 11.7. The van der Waals surface area contributed by atoms with Crippen LogP contribution in [-0.4, -0.2) is 40.8 Å². The molecule has 0 saturated carbocycles. The Bertz CT molecular complexity index is 940. The molecule has 0 heterocycles. The summed E-state index contributed by atoms with van der Waals surface area (Å²) in [6.07, 6.45) is 3.07. The van der Waals surface area contributed by atoms with Gasteiger partial charge in [-0.15, -0.1) is 0 Å². The van der Waals surface area contributed by atoms with Gasteiger partial charge in [0.1, 0.15) is 5.75 Å². The monoisotopic (exact) mass is 417 g/mol. The molecule has 0 aliphatic heterocycles. The number of nitrogens with one attached hydrogen (secondary N) is 2. The second-order valence-electron chi connectivity index (χ2n) is 6.97. The van der Waals surface area contributed by atoms with Crippen LogP contribution in [0.3, 0.4) is 0 Å². The first-order valence-electron chi connectivity index (χ1n) is 9.79. The third kappa shape index (κ3) is 7.42. The summed E-state index contributed by atoms with van der Waals surface area (Å²) in [4.78, 5) is 4.61. The van der Waals surface area contributed by atoms with Gasteiger partial charge in [-0.25, -0.2) is 8.42 Å². The second kappa shape index (κ2) is 10.9. The highest BCUT2D eigenvalue weighted by Gasteiger charge is 2.11. The Balaban J connectivity index is 1.85. The molecule has 0 atom stereocenters. The van der Waals surface area contributed by atoms with Gasteiger partial charge in [-0.05, 0) is 54.7 Å². The van der Waals surface area contributed by atoms with Crippen molar-refractivity contribution < 1.29 is 13.2 Å². The molecule has 2 rings (SSSR count). The molecule has 2 aromatic rings. The van der Waals surface area contributed by atoms with Crippen LogP contribution in [0.5, 0.6) is 5.75 Å². The minimum absolute atomic E-state index is 0.369. The van der Waals surface area contributed by atoms with E-state index in [0.29, 0.717) is 17.4 Å². The maximum absolute atomic E-state index is 11.7. The van der Waals surface area contributed by atoms with Crippen LogP contribution in [0.4, 0.5) is 0 Å². The minimum Gasteiger partial charge on any atom is -0.494 e. The maximum Gasteiger partial charge on any atom is 0.191 e. The summed E-state index contributed by atoms with van der Waals surface area (Å²) in [5, 5.41) is 6.56. The number of nitrogens with zero attached hydrogens (tertiary/aromatic N) is 1. The fourth-order valence-corrected chi connectivity index (χ4v) is 3.94. The fraction of sp³-hybridized carbons (Fsp3) is 0.409. The van der Waals surface area contributed by atoms with Crippen molar-refractivity contribution in [3.05, 3.63) is 59.2 Å². The van der Waals surface area contributed by atoms with E-state index in [1.54, 1.807) is 13.1 Å². The third-order valence-corrected chi connectivity index (χ3v) is 5.66. The molecule has 2 N–H and O–H groups in total. The summed E-state index contributed by atoms with van der Waals surface area (Å²) in [5.74, 6) is 1.60. The molecule has 0 unspecified atom stereocenters. The standard InChI is InChI=1S/C22H31N3O3S/c1-5-13-28-20-8-6-7-18(15-20)11-12-24-22(23-3)25-16-19-9-10-21(17(2)14-19)29(4,26)27/h6-10,14-15H,5,11-13,16H2,1-4H3,(H2,23,24,25). The van der Waals surface area contributed by atoms with Gasteiger partial charge in [-0.1, -0.05) is 31.2 Å². The van der Waals surface area contributed by atoms with Gasteiger partial charge in [0.15, 0.2) is 15.8 Å². The van der Waals surface area contributed by atoms with E-state index in [4.69, 9.17) is 4.74 Å². The van der Waals surface area contributed by atoms with Gasteiger partial charge in [0.05, 0.1) is 11.5 Å². The third-order valence-electron chi connectivity index (χ3n) is 4.40. The van der Waals surface area contributed by atoms with E-state index >= 15 is 0 Å². The number of benzene rings is 2. The van der Waals surface area contributed by atoms with Gasteiger partial charge in [-0.3, -0.25) is 4.99 Å². The van der Waals surface area contributed by atoms with Crippen molar-refractivity contribution in [3.8, 4) is 5.75 Å². The lowest BCUT2D eigenvalue weighted by atomic mass is 10.1. The molecule has 0 bridgehead atoms. The van der Waals surface area contributed by atoms with E-state index < -0.39 is 9.84 Å². The van der Waals surface area contributed by atoms with Crippen LogP contribution in [0.2, 0.25) is 0 Å². The summed E-state index contributed by atoms with van der Waals surface area (Å²) in [7, 11) is -1.47. The molecule has 0 spiro atoms. The highest BCUT2D eigenvalue weighted by molar-refractivity contribution is 7.90. The van der Waals surface area contributed by atoms with E-state index in [1.165, 1.54) is 11.8 Å². The van der Waals surface area contributed by atoms with Crippen molar-refractivity contribution in [3.63, 3.8) is 0 Å². The first-order valence-corrected chi connectivity index (χ1v) is 11.7. The Morgan fingerprint density at radius 2 is 1.90 bits per heavy atom. The van der Waals surface area contributed by atoms with Gasteiger partial charge in [0, 0.05) is 26.4 Å². The molecule has 0 aromatic heterocycles. The molecule has 0 amide bonds. The number of rotatable bonds is 9. The minimum atomic E-state index is -3.20. The number of hydrogen-bond donors (Lipinski definition) is 2. The Kier molecular flexibility index (Phi) is 8.51. The molecule has 0 aliphatic carbocycles. The Morgan fingerprint density at radius 1 is 1.10 bits per heavy atom. The van der Waals surface area contributed by atoms with Gasteiger partial charge >= 0.3 is 0 Å². The average molecular weight is 418 g/mol. The molecule has 2 aromatic carbocycles. The van der Waals surface area contributed by atoms with Crippen LogP contribution in [0.15, 0.2) is 52.4 Å². The van der Waals surface area contributed by atoms with Crippen molar-refractivity contribution in [2.75, 3.05) is 26.5 Å². The lowest BCUT2D eigenvalue weighted by molar-refractivity contribution is 0.317. The van der Waals surface area contributed by atoms with Crippen LogP contribution in [-0.2, 0) is 22.8 Å². The molecule has 0 fully saturated rings. The predicted molar refractivity (Wildman–Crippen MR) is 118 cm³/mol. The van der Waals surface area contributed by atoms with Crippen molar-refractivity contribution in [1.29, 1.82) is 0 Å². The van der Waals surface area contributed by atoms with Crippen molar-refractivity contribution in [1.82, 2.24) is 10.6 Å². The number of ether oxygens (including phenoxy) is 1. The molecular weight excluding hydrogens is 386 g/mol. The molecule has 6 nitrogen and oxygen atoms in total.